The number of hydrogen-bond acceptors (Lipinski definition) is 4. The summed E-state index contributed by atoms with van der Waals surface area (Å²) in [5, 5.41) is 16.6. The molecule has 2 heterocycles. The number of ether oxygens (including phenoxy) is 1. The van der Waals surface area contributed by atoms with Crippen LogP contribution in [0.4, 0.5) is 0 Å². The lowest BCUT2D eigenvalue weighted by molar-refractivity contribution is -0.133. The van der Waals surface area contributed by atoms with Crippen LogP contribution in [0.15, 0.2) is 16.8 Å². The van der Waals surface area contributed by atoms with E-state index in [0.29, 0.717) is 0 Å². The molecule has 2 rings (SSSR count). The van der Waals surface area contributed by atoms with Gasteiger partial charge in [0.15, 0.2) is 0 Å². The molecule has 1 aromatic rings. The summed E-state index contributed by atoms with van der Waals surface area (Å²) >= 11 is 1.54. The van der Waals surface area contributed by atoms with Crippen LogP contribution in [0.1, 0.15) is 38.4 Å². The van der Waals surface area contributed by atoms with E-state index < -0.39 is 6.10 Å². The van der Waals surface area contributed by atoms with Crippen molar-refractivity contribution in [1.29, 1.82) is 0 Å². The molecule has 1 aromatic heterocycles. The summed E-state index contributed by atoms with van der Waals surface area (Å²) in [6, 6.07) is 1.88. The van der Waals surface area contributed by atoms with Gasteiger partial charge >= 0.3 is 0 Å². The number of carbonyl (C=O) groups excluding carboxylic acids is 1. The quantitative estimate of drug-likeness (QED) is 0.889. The van der Waals surface area contributed by atoms with Crippen molar-refractivity contribution in [3.8, 4) is 0 Å². The van der Waals surface area contributed by atoms with Crippen molar-refractivity contribution in [3.05, 3.63) is 22.4 Å². The summed E-state index contributed by atoms with van der Waals surface area (Å²) in [4.78, 5) is 12.1. The highest BCUT2D eigenvalue weighted by molar-refractivity contribution is 7.07. The van der Waals surface area contributed by atoms with Gasteiger partial charge in [-0.25, -0.2) is 0 Å². The molecule has 19 heavy (non-hydrogen) atoms. The third kappa shape index (κ3) is 4.03. The van der Waals surface area contributed by atoms with Crippen LogP contribution in [0.2, 0.25) is 0 Å². The zero-order valence-electron chi connectivity index (χ0n) is 11.3. The third-order valence-electron chi connectivity index (χ3n) is 3.47. The van der Waals surface area contributed by atoms with Crippen LogP contribution in [0.25, 0.3) is 0 Å². The van der Waals surface area contributed by atoms with E-state index in [1.165, 1.54) is 0 Å². The number of rotatable bonds is 4. The lowest BCUT2D eigenvalue weighted by atomic mass is 9.92. The van der Waals surface area contributed by atoms with Crippen LogP contribution in [0, 0.1) is 5.92 Å². The Hall–Kier alpha value is -0.910. The van der Waals surface area contributed by atoms with Crippen molar-refractivity contribution in [3.63, 3.8) is 0 Å². The molecule has 0 saturated carbocycles. The molecule has 1 aliphatic rings. The SMILES string of the molecule is CC1CC(C(=O)NCC(O)c2ccsc2)CC(C)O1. The lowest BCUT2D eigenvalue weighted by Crippen LogP contribution is -2.40. The van der Waals surface area contributed by atoms with E-state index >= 15 is 0 Å². The Labute approximate surface area is 117 Å². The van der Waals surface area contributed by atoms with Gasteiger partial charge in [0.1, 0.15) is 0 Å². The fourth-order valence-electron chi connectivity index (χ4n) is 2.54. The molecule has 106 valence electrons. The first-order valence-electron chi connectivity index (χ1n) is 6.69. The van der Waals surface area contributed by atoms with E-state index in [2.05, 4.69) is 5.32 Å². The van der Waals surface area contributed by atoms with Crippen LogP contribution in [0.5, 0.6) is 0 Å². The largest absolute Gasteiger partial charge is 0.387 e. The van der Waals surface area contributed by atoms with Crippen molar-refractivity contribution < 1.29 is 14.6 Å². The molecule has 3 unspecified atom stereocenters. The summed E-state index contributed by atoms with van der Waals surface area (Å²) in [5.41, 5.74) is 0.860. The standard InChI is InChI=1S/C14H21NO3S/c1-9-5-12(6-10(2)18-9)14(17)15-7-13(16)11-3-4-19-8-11/h3-4,8-10,12-13,16H,5-7H2,1-2H3,(H,15,17). The Balaban J connectivity index is 1.81. The lowest BCUT2D eigenvalue weighted by Gasteiger charge is -2.31. The first-order chi connectivity index (χ1) is 9.06. The van der Waals surface area contributed by atoms with Crippen LogP contribution in [-0.4, -0.2) is 29.8 Å². The van der Waals surface area contributed by atoms with E-state index in [1.54, 1.807) is 11.3 Å². The van der Waals surface area contributed by atoms with Crippen LogP contribution in [-0.2, 0) is 9.53 Å². The van der Waals surface area contributed by atoms with Gasteiger partial charge in [-0.15, -0.1) is 0 Å². The van der Waals surface area contributed by atoms with Crippen molar-refractivity contribution in [2.75, 3.05) is 6.54 Å². The monoisotopic (exact) mass is 283 g/mol. The molecule has 0 radical (unpaired) electrons. The van der Waals surface area contributed by atoms with Crippen LogP contribution >= 0.6 is 11.3 Å². The molecule has 0 spiro atoms. The molecule has 1 aliphatic heterocycles. The predicted molar refractivity (Wildman–Crippen MR) is 75.0 cm³/mol. The van der Waals surface area contributed by atoms with Gasteiger partial charge < -0.3 is 15.2 Å². The predicted octanol–water partition coefficient (Wildman–Crippen LogP) is 2.10. The molecular formula is C14H21NO3S. The molecule has 0 bridgehead atoms. The summed E-state index contributed by atoms with van der Waals surface area (Å²) in [6.45, 7) is 4.27. The second-order valence-electron chi connectivity index (χ2n) is 5.24. The molecule has 4 nitrogen and oxygen atoms in total. The Kier molecular flexibility index (Phi) is 4.96. The number of aliphatic hydroxyl groups is 1. The maximum absolute atomic E-state index is 12.1. The highest BCUT2D eigenvalue weighted by Crippen LogP contribution is 2.25. The topological polar surface area (TPSA) is 58.6 Å². The first kappa shape index (κ1) is 14.5. The minimum atomic E-state index is -0.620. The molecular weight excluding hydrogens is 262 g/mol. The van der Waals surface area contributed by atoms with Crippen molar-refractivity contribution in [2.45, 2.75) is 45.0 Å². The summed E-state index contributed by atoms with van der Waals surface area (Å²) in [7, 11) is 0. The van der Waals surface area contributed by atoms with E-state index in [4.69, 9.17) is 4.74 Å². The van der Waals surface area contributed by atoms with Crippen molar-refractivity contribution in [2.24, 2.45) is 5.92 Å². The second kappa shape index (κ2) is 6.50. The zero-order valence-corrected chi connectivity index (χ0v) is 12.2. The fourth-order valence-corrected chi connectivity index (χ4v) is 3.25. The number of amides is 1. The summed E-state index contributed by atoms with van der Waals surface area (Å²) in [6.07, 6.45) is 1.14. The van der Waals surface area contributed by atoms with Gasteiger partial charge in [-0.05, 0) is 49.1 Å². The Morgan fingerprint density at radius 1 is 1.53 bits per heavy atom. The zero-order chi connectivity index (χ0) is 13.8. The number of aliphatic hydroxyl groups excluding tert-OH is 1. The van der Waals surface area contributed by atoms with E-state index in [0.717, 1.165) is 18.4 Å². The number of carbonyl (C=O) groups is 1. The highest BCUT2D eigenvalue weighted by atomic mass is 32.1. The average molecular weight is 283 g/mol. The molecule has 0 aliphatic carbocycles. The van der Waals surface area contributed by atoms with Crippen LogP contribution < -0.4 is 5.32 Å². The Morgan fingerprint density at radius 3 is 2.79 bits per heavy atom. The molecule has 1 fully saturated rings. The number of nitrogens with one attached hydrogen (secondary N) is 1. The average Bonchev–Trinajstić information content (AvgIpc) is 2.88. The number of hydrogen-bond donors (Lipinski definition) is 2. The van der Waals surface area contributed by atoms with Gasteiger partial charge in [-0.2, -0.15) is 11.3 Å². The minimum absolute atomic E-state index is 0.00609. The van der Waals surface area contributed by atoms with E-state index in [-0.39, 0.29) is 30.6 Å². The molecule has 3 atom stereocenters. The van der Waals surface area contributed by atoms with Crippen molar-refractivity contribution >= 4 is 17.2 Å². The minimum Gasteiger partial charge on any atom is -0.387 e. The van der Waals surface area contributed by atoms with Gasteiger partial charge in [0.2, 0.25) is 5.91 Å². The number of thiophene rings is 1. The fraction of sp³-hybridized carbons (Fsp3) is 0.643. The van der Waals surface area contributed by atoms with Crippen molar-refractivity contribution in [1.82, 2.24) is 5.32 Å². The second-order valence-corrected chi connectivity index (χ2v) is 6.02. The van der Waals surface area contributed by atoms with Gasteiger partial charge in [0.05, 0.1) is 18.3 Å². The smallest absolute Gasteiger partial charge is 0.223 e. The first-order valence-corrected chi connectivity index (χ1v) is 7.64. The van der Waals surface area contributed by atoms with Gasteiger partial charge in [-0.3, -0.25) is 4.79 Å². The van der Waals surface area contributed by atoms with E-state index in [9.17, 15) is 9.90 Å². The molecule has 2 N–H and O–H groups in total. The maximum Gasteiger partial charge on any atom is 0.223 e. The van der Waals surface area contributed by atoms with E-state index in [1.807, 2.05) is 30.7 Å². The Morgan fingerprint density at radius 2 is 2.21 bits per heavy atom. The third-order valence-corrected chi connectivity index (χ3v) is 4.17. The molecule has 0 aromatic carbocycles. The molecule has 1 saturated heterocycles. The van der Waals surface area contributed by atoms with Gasteiger partial charge in [0, 0.05) is 12.5 Å². The van der Waals surface area contributed by atoms with Gasteiger partial charge in [0.25, 0.3) is 0 Å². The maximum atomic E-state index is 12.1. The van der Waals surface area contributed by atoms with Crippen LogP contribution in [0.3, 0.4) is 0 Å². The highest BCUT2D eigenvalue weighted by Gasteiger charge is 2.29. The normalized spacial score (nSPS) is 28.9. The summed E-state index contributed by atoms with van der Waals surface area (Å²) < 4.78 is 5.62. The Bertz CT molecular complexity index is 397. The van der Waals surface area contributed by atoms with Gasteiger partial charge in [-0.1, -0.05) is 0 Å². The summed E-state index contributed by atoms with van der Waals surface area (Å²) in [5.74, 6) is 0.0182. The molecule has 5 heteroatoms. The molecule has 1 amide bonds.